The van der Waals surface area contributed by atoms with Crippen molar-refractivity contribution in [3.05, 3.63) is 42.2 Å². The zero-order valence-corrected chi connectivity index (χ0v) is 25.2. The molecule has 4 N–H and O–H groups in total. The van der Waals surface area contributed by atoms with Crippen molar-refractivity contribution in [3.8, 4) is 0 Å². The predicted molar refractivity (Wildman–Crippen MR) is 161 cm³/mol. The number of rotatable bonds is 14. The van der Waals surface area contributed by atoms with Gasteiger partial charge in [-0.05, 0) is 40.7 Å². The van der Waals surface area contributed by atoms with Crippen LogP contribution in [0.5, 0.6) is 0 Å². The second-order valence-corrected chi connectivity index (χ2v) is 11.4. The Balaban J connectivity index is 1.35. The number of ether oxygens (including phenoxy) is 2. The van der Waals surface area contributed by atoms with E-state index in [9.17, 15) is 19.2 Å². The van der Waals surface area contributed by atoms with E-state index in [0.29, 0.717) is 36.9 Å². The maximum Gasteiger partial charge on any atom is 0.253 e. The highest BCUT2D eigenvalue weighted by molar-refractivity contribution is 6.13. The van der Waals surface area contributed by atoms with E-state index in [4.69, 9.17) is 20.2 Å². The number of nitrogen functional groups attached to an aromatic ring is 1. The van der Waals surface area contributed by atoms with Crippen molar-refractivity contribution in [2.24, 2.45) is 0 Å². The largest absolute Gasteiger partial charge is 0.382 e. The molecule has 43 heavy (non-hydrogen) atoms. The number of hydrogen-bond donors (Lipinski definition) is 3. The molecule has 0 unspecified atom stereocenters. The first kappa shape index (κ1) is 31.6. The highest BCUT2D eigenvalue weighted by Gasteiger charge is 2.31. The number of imidazole rings is 1. The summed E-state index contributed by atoms with van der Waals surface area (Å²) in [4.78, 5) is 58.9. The lowest BCUT2D eigenvalue weighted by molar-refractivity contribution is -0.138. The molecule has 3 aromatic rings. The maximum atomic E-state index is 12.8. The molecule has 4 rings (SSSR count). The summed E-state index contributed by atoms with van der Waals surface area (Å²) in [6.45, 7) is 10.6. The molecule has 0 spiro atoms. The number of hydrogen-bond acceptors (Lipinski definition) is 9. The molecule has 13 nitrogen and oxygen atoms in total. The van der Waals surface area contributed by atoms with E-state index in [0.717, 1.165) is 33.5 Å². The average molecular weight is 594 g/mol. The number of fused-ring (bicyclic) bond motifs is 3. The normalized spacial score (nSPS) is 13.8. The van der Waals surface area contributed by atoms with Gasteiger partial charge in [0.2, 0.25) is 11.8 Å². The molecule has 1 aromatic carbocycles. The summed E-state index contributed by atoms with van der Waals surface area (Å²) in [6.07, 6.45) is 2.21. The number of para-hydroxylation sites is 1. The third kappa shape index (κ3) is 7.35. The molecular formula is C30H39N7O6. The van der Waals surface area contributed by atoms with Gasteiger partial charge in [-0.1, -0.05) is 18.2 Å². The third-order valence-corrected chi connectivity index (χ3v) is 7.03. The van der Waals surface area contributed by atoms with Crippen molar-refractivity contribution in [1.82, 2.24) is 30.1 Å². The lowest BCUT2D eigenvalue weighted by Crippen LogP contribution is -2.55. The fourth-order valence-electron chi connectivity index (χ4n) is 4.85. The van der Waals surface area contributed by atoms with Gasteiger partial charge in [0, 0.05) is 43.7 Å². The molecule has 0 radical (unpaired) electrons. The van der Waals surface area contributed by atoms with Crippen molar-refractivity contribution < 1.29 is 28.7 Å². The first-order chi connectivity index (χ1) is 20.3. The molecule has 2 aromatic heterocycles. The number of benzene rings is 1. The molecule has 0 saturated heterocycles. The molecule has 0 bridgehead atoms. The molecule has 4 amide bonds. The van der Waals surface area contributed by atoms with E-state index in [1.54, 1.807) is 13.8 Å². The Bertz CT molecular complexity index is 1560. The van der Waals surface area contributed by atoms with Crippen LogP contribution in [0.2, 0.25) is 0 Å². The Hall–Kier alpha value is -4.36. The van der Waals surface area contributed by atoms with Gasteiger partial charge in [-0.25, -0.2) is 9.97 Å². The first-order valence-corrected chi connectivity index (χ1v) is 14.2. The lowest BCUT2D eigenvalue weighted by Gasteiger charge is -2.28. The van der Waals surface area contributed by atoms with E-state index >= 15 is 0 Å². The smallest absolute Gasteiger partial charge is 0.253 e. The third-order valence-electron chi connectivity index (χ3n) is 7.03. The molecule has 3 heterocycles. The van der Waals surface area contributed by atoms with E-state index in [-0.39, 0.29) is 26.1 Å². The molecule has 0 fully saturated rings. The summed E-state index contributed by atoms with van der Waals surface area (Å²) in [7, 11) is 0. The second-order valence-electron chi connectivity index (χ2n) is 11.4. The Labute approximate surface area is 249 Å². The molecule has 1 aliphatic rings. The zero-order chi connectivity index (χ0) is 31.4. The second kappa shape index (κ2) is 12.9. The van der Waals surface area contributed by atoms with Gasteiger partial charge in [0.1, 0.15) is 23.5 Å². The van der Waals surface area contributed by atoms with Crippen LogP contribution in [0.3, 0.4) is 0 Å². The van der Waals surface area contributed by atoms with Crippen LogP contribution in [-0.4, -0.2) is 80.5 Å². The van der Waals surface area contributed by atoms with Crippen LogP contribution >= 0.6 is 0 Å². The van der Waals surface area contributed by atoms with Gasteiger partial charge < -0.3 is 30.4 Å². The van der Waals surface area contributed by atoms with Crippen LogP contribution in [0.15, 0.2) is 36.4 Å². The average Bonchev–Trinajstić information content (AvgIpc) is 3.47. The number of carbonyl (C=O) groups is 4. The minimum absolute atomic E-state index is 0.0610. The molecule has 0 atom stereocenters. The standard InChI is InChI=1S/C30H39N7O6/c1-6-42-17-21-34-25-26(19-9-7-8-10-20(19)33-27(25)31)37(21)18-29(2,3)43-16-14-32-28(41)30(4,5)35-22(38)13-15-36-23(39)11-12-24(36)40/h7-12H,6,13-18H2,1-5H3,(H2,31,33)(H,32,41)(H,35,38). The summed E-state index contributed by atoms with van der Waals surface area (Å²) in [6, 6.07) is 7.75. The van der Waals surface area contributed by atoms with Gasteiger partial charge in [0.15, 0.2) is 5.82 Å². The summed E-state index contributed by atoms with van der Waals surface area (Å²) in [5.74, 6) is -0.719. The number of nitrogens with zero attached hydrogens (tertiary/aromatic N) is 4. The van der Waals surface area contributed by atoms with Crippen LogP contribution in [0.25, 0.3) is 21.9 Å². The van der Waals surface area contributed by atoms with Gasteiger partial charge in [0.25, 0.3) is 11.8 Å². The van der Waals surface area contributed by atoms with E-state index in [1.165, 1.54) is 0 Å². The fraction of sp³-hybridized carbons (Fsp3) is 0.467. The number of pyridine rings is 1. The fourth-order valence-corrected chi connectivity index (χ4v) is 4.85. The summed E-state index contributed by atoms with van der Waals surface area (Å²) >= 11 is 0. The summed E-state index contributed by atoms with van der Waals surface area (Å²) in [5, 5.41) is 6.38. The predicted octanol–water partition coefficient (Wildman–Crippen LogP) is 1.82. The zero-order valence-electron chi connectivity index (χ0n) is 25.2. The Morgan fingerprint density at radius 1 is 1.05 bits per heavy atom. The topological polar surface area (TPSA) is 171 Å². The molecule has 1 aliphatic heterocycles. The summed E-state index contributed by atoms with van der Waals surface area (Å²) < 4.78 is 14.0. The highest BCUT2D eigenvalue weighted by Crippen LogP contribution is 2.30. The van der Waals surface area contributed by atoms with Crippen molar-refractivity contribution in [2.45, 2.75) is 65.3 Å². The van der Waals surface area contributed by atoms with E-state index in [2.05, 4.69) is 20.2 Å². The number of anilines is 1. The monoisotopic (exact) mass is 593 g/mol. The van der Waals surface area contributed by atoms with Crippen LogP contribution in [0.4, 0.5) is 5.82 Å². The number of carbonyl (C=O) groups excluding carboxylic acids is 4. The molecule has 230 valence electrons. The van der Waals surface area contributed by atoms with Crippen molar-refractivity contribution in [2.75, 3.05) is 32.0 Å². The Morgan fingerprint density at radius 2 is 1.74 bits per heavy atom. The van der Waals surface area contributed by atoms with Gasteiger partial charge in [0.05, 0.1) is 29.8 Å². The first-order valence-electron chi connectivity index (χ1n) is 14.2. The van der Waals surface area contributed by atoms with Crippen LogP contribution in [-0.2, 0) is 41.8 Å². The SMILES string of the molecule is CCOCc1nc2c(N)nc3ccccc3c2n1CC(C)(C)OCCNC(=O)C(C)(C)NC(=O)CCN1C(=O)C=CC1=O. The molecule has 0 saturated carbocycles. The van der Waals surface area contributed by atoms with Crippen molar-refractivity contribution in [3.63, 3.8) is 0 Å². The van der Waals surface area contributed by atoms with E-state index in [1.807, 2.05) is 45.0 Å². The summed E-state index contributed by atoms with van der Waals surface area (Å²) in [5.41, 5.74) is 6.63. The van der Waals surface area contributed by atoms with Crippen LogP contribution in [0, 0.1) is 0 Å². The number of amides is 4. The number of aromatic nitrogens is 3. The quantitative estimate of drug-likeness (QED) is 0.186. The minimum atomic E-state index is -1.22. The number of nitrogens with one attached hydrogen (secondary N) is 2. The highest BCUT2D eigenvalue weighted by atomic mass is 16.5. The number of imide groups is 1. The van der Waals surface area contributed by atoms with Crippen molar-refractivity contribution in [1.29, 1.82) is 0 Å². The minimum Gasteiger partial charge on any atom is -0.382 e. The van der Waals surface area contributed by atoms with Gasteiger partial charge in [-0.3, -0.25) is 24.1 Å². The van der Waals surface area contributed by atoms with Crippen LogP contribution < -0.4 is 16.4 Å². The molecular weight excluding hydrogens is 554 g/mol. The Morgan fingerprint density at radius 3 is 2.44 bits per heavy atom. The maximum absolute atomic E-state index is 12.8. The number of nitrogens with two attached hydrogens (primary N) is 1. The van der Waals surface area contributed by atoms with Gasteiger partial charge in [-0.2, -0.15) is 0 Å². The van der Waals surface area contributed by atoms with Crippen molar-refractivity contribution >= 4 is 51.4 Å². The molecule has 0 aliphatic carbocycles. The van der Waals surface area contributed by atoms with E-state index < -0.39 is 34.8 Å². The molecule has 13 heteroatoms. The van der Waals surface area contributed by atoms with Gasteiger partial charge >= 0.3 is 0 Å². The lowest BCUT2D eigenvalue weighted by atomic mass is 10.0. The Kier molecular flexibility index (Phi) is 9.46. The van der Waals surface area contributed by atoms with Gasteiger partial charge in [-0.15, -0.1) is 0 Å². The van der Waals surface area contributed by atoms with Crippen LogP contribution in [0.1, 0.15) is 46.9 Å².